The maximum Gasteiger partial charge on any atom is 0.130 e. The van der Waals surface area contributed by atoms with Crippen LogP contribution in [0.2, 0.25) is 0 Å². The zero-order valence-electron chi connectivity index (χ0n) is 15.4. The first-order valence-corrected chi connectivity index (χ1v) is 11.0. The maximum absolute atomic E-state index is 4.56. The number of nitrogens with zero attached hydrogens (tertiary/aromatic N) is 3. The molecule has 0 amide bonds. The summed E-state index contributed by atoms with van der Waals surface area (Å²) in [7, 11) is 0. The zero-order chi connectivity index (χ0) is 17.1. The molecule has 0 aromatic carbocycles. The molecule has 2 aliphatic rings. The van der Waals surface area contributed by atoms with E-state index in [0.29, 0.717) is 11.8 Å². The summed E-state index contributed by atoms with van der Waals surface area (Å²) in [6.07, 6.45) is 12.4. The van der Waals surface area contributed by atoms with Crippen molar-refractivity contribution in [2.24, 2.45) is 5.92 Å². The van der Waals surface area contributed by atoms with Crippen molar-refractivity contribution in [1.82, 2.24) is 14.9 Å². The van der Waals surface area contributed by atoms with Crippen molar-refractivity contribution in [3.05, 3.63) is 23.8 Å². The Morgan fingerprint density at radius 3 is 2.04 bits per heavy atom. The van der Waals surface area contributed by atoms with Gasteiger partial charge in [0, 0.05) is 28.3 Å². The van der Waals surface area contributed by atoms with Crippen LogP contribution in [0.15, 0.2) is 12.4 Å². The number of piperidine rings is 1. The number of aromatic nitrogens is 2. The van der Waals surface area contributed by atoms with Gasteiger partial charge >= 0.3 is 0 Å². The van der Waals surface area contributed by atoms with Crippen LogP contribution in [-0.2, 0) is 0 Å². The van der Waals surface area contributed by atoms with Crippen molar-refractivity contribution in [1.29, 1.82) is 0 Å². The van der Waals surface area contributed by atoms with Gasteiger partial charge in [-0.25, -0.2) is 9.97 Å². The van der Waals surface area contributed by atoms with E-state index in [-0.39, 0.29) is 0 Å². The van der Waals surface area contributed by atoms with Crippen LogP contribution < -0.4 is 0 Å². The van der Waals surface area contributed by atoms with Crippen LogP contribution in [0.5, 0.6) is 0 Å². The molecule has 2 heterocycles. The van der Waals surface area contributed by atoms with Crippen LogP contribution in [0.1, 0.15) is 82.5 Å². The average Bonchev–Trinajstić information content (AvgIpc) is 2.62. The van der Waals surface area contributed by atoms with Gasteiger partial charge in [0.1, 0.15) is 5.82 Å². The van der Waals surface area contributed by atoms with Crippen LogP contribution in [0.25, 0.3) is 0 Å². The maximum atomic E-state index is 4.56. The molecule has 0 spiro atoms. The fourth-order valence-electron chi connectivity index (χ4n) is 4.38. The molecule has 1 atom stereocenters. The van der Waals surface area contributed by atoms with Gasteiger partial charge in [-0.3, -0.25) is 0 Å². The number of alkyl halides is 1. The Hall–Kier alpha value is -0.230. The lowest BCUT2D eigenvalue weighted by Crippen LogP contribution is -2.43. The van der Waals surface area contributed by atoms with Gasteiger partial charge in [-0.05, 0) is 69.0 Å². The molecule has 24 heavy (non-hydrogen) atoms. The minimum atomic E-state index is 0.418. The lowest BCUT2D eigenvalue weighted by Gasteiger charge is -2.41. The van der Waals surface area contributed by atoms with E-state index < -0.39 is 0 Å². The summed E-state index contributed by atoms with van der Waals surface area (Å²) in [6, 6.07) is 0.844. The standard InChI is InChI=1S/C20H32IN3/c1-14(2)20-22-12-18(13-23-20)17-8-10-24(11-9-17)19-6-4-16(5-7-19)15(3)21/h12-17,19H,4-11H2,1-3H3. The molecular formula is C20H32IN3. The third-order valence-electron chi connectivity index (χ3n) is 6.12. The van der Waals surface area contributed by atoms with Crippen LogP contribution in [-0.4, -0.2) is 37.9 Å². The summed E-state index contributed by atoms with van der Waals surface area (Å²) in [5.41, 5.74) is 1.35. The first-order chi connectivity index (χ1) is 11.5. The molecule has 4 heteroatoms. The molecule has 2 fully saturated rings. The molecule has 1 aliphatic carbocycles. The second-order valence-electron chi connectivity index (χ2n) is 8.09. The molecule has 1 aromatic heterocycles. The summed E-state index contributed by atoms with van der Waals surface area (Å²) >= 11 is 2.61. The topological polar surface area (TPSA) is 29.0 Å². The summed E-state index contributed by atoms with van der Waals surface area (Å²) < 4.78 is 0.836. The number of likely N-dealkylation sites (tertiary alicyclic amines) is 1. The summed E-state index contributed by atoms with van der Waals surface area (Å²) in [5.74, 6) is 3.00. The van der Waals surface area contributed by atoms with E-state index in [0.717, 1.165) is 21.7 Å². The summed E-state index contributed by atoms with van der Waals surface area (Å²) in [4.78, 5) is 11.9. The highest BCUT2D eigenvalue weighted by Gasteiger charge is 2.30. The lowest BCUT2D eigenvalue weighted by molar-refractivity contribution is 0.108. The van der Waals surface area contributed by atoms with Gasteiger partial charge in [-0.1, -0.05) is 43.4 Å². The third-order valence-corrected chi connectivity index (χ3v) is 7.13. The SMILES string of the molecule is CC(C)c1ncc(C2CCN(C3CCC(C(C)I)CC3)CC2)cn1. The predicted molar refractivity (Wildman–Crippen MR) is 109 cm³/mol. The monoisotopic (exact) mass is 441 g/mol. The third kappa shape index (κ3) is 4.48. The molecular weight excluding hydrogens is 409 g/mol. The van der Waals surface area contributed by atoms with E-state index in [2.05, 4.69) is 70.6 Å². The molecule has 3 rings (SSSR count). The Kier molecular flexibility index (Phi) is 6.52. The molecule has 0 radical (unpaired) electrons. The Balaban J connectivity index is 1.49. The fraction of sp³-hybridized carbons (Fsp3) is 0.800. The molecule has 3 nitrogen and oxygen atoms in total. The normalized spacial score (nSPS) is 28.2. The minimum absolute atomic E-state index is 0.418. The minimum Gasteiger partial charge on any atom is -0.300 e. The van der Waals surface area contributed by atoms with Gasteiger partial charge in [-0.15, -0.1) is 0 Å². The second-order valence-corrected chi connectivity index (χ2v) is 10.1. The first kappa shape index (κ1) is 18.6. The largest absolute Gasteiger partial charge is 0.300 e. The Morgan fingerprint density at radius 1 is 0.958 bits per heavy atom. The number of rotatable bonds is 4. The number of halogens is 1. The van der Waals surface area contributed by atoms with E-state index in [4.69, 9.17) is 0 Å². The van der Waals surface area contributed by atoms with Crippen LogP contribution >= 0.6 is 22.6 Å². The molecule has 1 saturated carbocycles. The summed E-state index contributed by atoms with van der Waals surface area (Å²) in [6.45, 7) is 9.20. The quantitative estimate of drug-likeness (QED) is 0.477. The van der Waals surface area contributed by atoms with E-state index >= 15 is 0 Å². The van der Waals surface area contributed by atoms with Crippen molar-refractivity contribution in [2.75, 3.05) is 13.1 Å². The Labute approximate surface area is 161 Å². The van der Waals surface area contributed by atoms with Crippen molar-refractivity contribution >= 4 is 22.6 Å². The smallest absolute Gasteiger partial charge is 0.130 e. The number of hydrogen-bond acceptors (Lipinski definition) is 3. The second kappa shape index (κ2) is 8.43. The molecule has 1 aromatic rings. The van der Waals surface area contributed by atoms with Crippen LogP contribution in [0.3, 0.4) is 0 Å². The highest BCUT2D eigenvalue weighted by Crippen LogP contribution is 2.35. The molecule has 1 unspecified atom stereocenters. The van der Waals surface area contributed by atoms with Gasteiger partial charge < -0.3 is 4.90 Å². The average molecular weight is 441 g/mol. The van der Waals surface area contributed by atoms with Crippen molar-refractivity contribution in [2.45, 2.75) is 81.1 Å². The fourth-order valence-corrected chi connectivity index (χ4v) is 5.10. The van der Waals surface area contributed by atoms with Crippen molar-refractivity contribution in [3.8, 4) is 0 Å². The molecule has 0 bridgehead atoms. The predicted octanol–water partition coefficient (Wildman–Crippen LogP) is 5.16. The molecule has 0 N–H and O–H groups in total. The van der Waals surface area contributed by atoms with Crippen molar-refractivity contribution < 1.29 is 0 Å². The Bertz CT molecular complexity index is 498. The van der Waals surface area contributed by atoms with Crippen LogP contribution in [0.4, 0.5) is 0 Å². The van der Waals surface area contributed by atoms with Gasteiger partial charge in [0.15, 0.2) is 0 Å². The first-order valence-electron chi connectivity index (χ1n) is 9.74. The van der Waals surface area contributed by atoms with Crippen LogP contribution in [0, 0.1) is 5.92 Å². The molecule has 1 saturated heterocycles. The van der Waals surface area contributed by atoms with Gasteiger partial charge in [0.2, 0.25) is 0 Å². The van der Waals surface area contributed by atoms with E-state index in [1.54, 1.807) is 0 Å². The zero-order valence-corrected chi connectivity index (χ0v) is 17.6. The Morgan fingerprint density at radius 2 is 1.54 bits per heavy atom. The summed E-state index contributed by atoms with van der Waals surface area (Å²) in [5, 5.41) is 0. The molecule has 134 valence electrons. The van der Waals surface area contributed by atoms with Gasteiger partial charge in [0.05, 0.1) is 0 Å². The van der Waals surface area contributed by atoms with E-state index in [1.807, 2.05) is 0 Å². The highest BCUT2D eigenvalue weighted by atomic mass is 127. The van der Waals surface area contributed by atoms with E-state index in [1.165, 1.54) is 57.2 Å². The molecule has 1 aliphatic heterocycles. The van der Waals surface area contributed by atoms with E-state index in [9.17, 15) is 0 Å². The van der Waals surface area contributed by atoms with Gasteiger partial charge in [0.25, 0.3) is 0 Å². The highest BCUT2D eigenvalue weighted by molar-refractivity contribution is 14.1. The number of hydrogen-bond donors (Lipinski definition) is 0. The lowest BCUT2D eigenvalue weighted by atomic mass is 9.82. The van der Waals surface area contributed by atoms with Gasteiger partial charge in [-0.2, -0.15) is 0 Å². The van der Waals surface area contributed by atoms with Crippen molar-refractivity contribution in [3.63, 3.8) is 0 Å².